The second kappa shape index (κ2) is 5.61. The van der Waals surface area contributed by atoms with E-state index < -0.39 is 17.5 Å². The standard InChI is InChI=1S/C13H17F3N2/c1-2-3-10-8-18(5-4-17-10)12-7-9(14)6-11(15)13(12)16/h6-7,10,17H,2-5,8H2,1H3. The summed E-state index contributed by atoms with van der Waals surface area (Å²) in [6.07, 6.45) is 1.99. The Balaban J connectivity index is 2.20. The third kappa shape index (κ3) is 2.77. The molecule has 1 unspecified atom stereocenters. The highest BCUT2D eigenvalue weighted by Crippen LogP contribution is 2.24. The van der Waals surface area contributed by atoms with Crippen molar-refractivity contribution in [1.29, 1.82) is 0 Å². The molecule has 2 rings (SSSR count). The summed E-state index contributed by atoms with van der Waals surface area (Å²) in [7, 11) is 0. The quantitative estimate of drug-likeness (QED) is 0.839. The lowest BCUT2D eigenvalue weighted by atomic mass is 10.1. The molecule has 1 fully saturated rings. The summed E-state index contributed by atoms with van der Waals surface area (Å²) >= 11 is 0. The molecule has 2 nitrogen and oxygen atoms in total. The first-order valence-corrected chi connectivity index (χ1v) is 6.24. The lowest BCUT2D eigenvalue weighted by Crippen LogP contribution is -2.51. The molecule has 1 saturated heterocycles. The molecular formula is C13H17F3N2. The Kier molecular flexibility index (Phi) is 4.11. The average Bonchev–Trinajstić information content (AvgIpc) is 2.34. The fraction of sp³-hybridized carbons (Fsp3) is 0.538. The van der Waals surface area contributed by atoms with Crippen LogP contribution in [-0.2, 0) is 0 Å². The van der Waals surface area contributed by atoms with E-state index in [4.69, 9.17) is 0 Å². The van der Waals surface area contributed by atoms with Crippen LogP contribution in [0.25, 0.3) is 0 Å². The van der Waals surface area contributed by atoms with Crippen LogP contribution in [0.3, 0.4) is 0 Å². The average molecular weight is 258 g/mol. The van der Waals surface area contributed by atoms with Gasteiger partial charge in [-0.15, -0.1) is 0 Å². The molecule has 0 spiro atoms. The molecule has 0 saturated carbocycles. The number of halogens is 3. The van der Waals surface area contributed by atoms with E-state index >= 15 is 0 Å². The lowest BCUT2D eigenvalue weighted by molar-refractivity contribution is 0.422. The highest BCUT2D eigenvalue weighted by atomic mass is 19.2. The number of nitrogens with zero attached hydrogens (tertiary/aromatic N) is 1. The highest BCUT2D eigenvalue weighted by Gasteiger charge is 2.23. The number of rotatable bonds is 3. The molecule has 1 atom stereocenters. The smallest absolute Gasteiger partial charge is 0.182 e. The maximum Gasteiger partial charge on any atom is 0.182 e. The third-order valence-electron chi connectivity index (χ3n) is 3.21. The highest BCUT2D eigenvalue weighted by molar-refractivity contribution is 5.49. The zero-order valence-corrected chi connectivity index (χ0v) is 10.3. The van der Waals surface area contributed by atoms with Gasteiger partial charge in [-0.1, -0.05) is 13.3 Å². The zero-order valence-electron chi connectivity index (χ0n) is 10.3. The fourth-order valence-electron chi connectivity index (χ4n) is 2.36. The van der Waals surface area contributed by atoms with E-state index in [-0.39, 0.29) is 11.7 Å². The van der Waals surface area contributed by atoms with Crippen LogP contribution in [0.5, 0.6) is 0 Å². The number of benzene rings is 1. The Morgan fingerprint density at radius 1 is 1.33 bits per heavy atom. The van der Waals surface area contributed by atoms with E-state index in [2.05, 4.69) is 12.2 Å². The van der Waals surface area contributed by atoms with E-state index in [0.717, 1.165) is 18.9 Å². The van der Waals surface area contributed by atoms with Crippen LogP contribution < -0.4 is 10.2 Å². The predicted octanol–water partition coefficient (Wildman–Crippen LogP) is 2.68. The summed E-state index contributed by atoms with van der Waals surface area (Å²) in [5, 5.41) is 3.32. The molecule has 18 heavy (non-hydrogen) atoms. The van der Waals surface area contributed by atoms with Crippen molar-refractivity contribution >= 4 is 5.69 Å². The molecule has 1 aliphatic rings. The van der Waals surface area contributed by atoms with E-state index in [1.165, 1.54) is 0 Å². The molecular weight excluding hydrogens is 241 g/mol. The van der Waals surface area contributed by atoms with Gasteiger partial charge in [0.15, 0.2) is 11.6 Å². The number of hydrogen-bond donors (Lipinski definition) is 1. The van der Waals surface area contributed by atoms with Crippen molar-refractivity contribution in [2.75, 3.05) is 24.5 Å². The maximum absolute atomic E-state index is 13.7. The van der Waals surface area contributed by atoms with Crippen molar-refractivity contribution < 1.29 is 13.2 Å². The van der Waals surface area contributed by atoms with Gasteiger partial charge in [-0.25, -0.2) is 13.2 Å². The molecule has 5 heteroatoms. The van der Waals surface area contributed by atoms with Crippen LogP contribution in [-0.4, -0.2) is 25.7 Å². The Bertz CT molecular complexity index is 421. The zero-order chi connectivity index (χ0) is 13.1. The van der Waals surface area contributed by atoms with Gasteiger partial charge in [0.1, 0.15) is 5.82 Å². The molecule has 0 aliphatic carbocycles. The normalized spacial score (nSPS) is 20.2. The van der Waals surface area contributed by atoms with E-state index in [9.17, 15) is 13.2 Å². The van der Waals surface area contributed by atoms with E-state index in [1.807, 2.05) is 0 Å². The summed E-state index contributed by atoms with van der Waals surface area (Å²) in [4.78, 5) is 1.71. The van der Waals surface area contributed by atoms with Gasteiger partial charge >= 0.3 is 0 Å². The van der Waals surface area contributed by atoms with Gasteiger partial charge in [-0.2, -0.15) is 0 Å². The topological polar surface area (TPSA) is 15.3 Å². The molecule has 100 valence electrons. The minimum absolute atomic E-state index is 0.0232. The minimum Gasteiger partial charge on any atom is -0.366 e. The second-order valence-corrected chi connectivity index (χ2v) is 4.61. The van der Waals surface area contributed by atoms with Crippen molar-refractivity contribution in [3.8, 4) is 0 Å². The predicted molar refractivity (Wildman–Crippen MR) is 65.2 cm³/mol. The molecule has 1 N–H and O–H groups in total. The van der Waals surface area contributed by atoms with Crippen molar-refractivity contribution in [3.63, 3.8) is 0 Å². The van der Waals surface area contributed by atoms with Gasteiger partial charge in [0, 0.05) is 37.8 Å². The molecule has 0 bridgehead atoms. The third-order valence-corrected chi connectivity index (χ3v) is 3.21. The van der Waals surface area contributed by atoms with Gasteiger partial charge in [0.05, 0.1) is 5.69 Å². The van der Waals surface area contributed by atoms with Gasteiger partial charge in [0.25, 0.3) is 0 Å². The van der Waals surface area contributed by atoms with E-state index in [0.29, 0.717) is 25.7 Å². The van der Waals surface area contributed by atoms with Gasteiger partial charge < -0.3 is 10.2 Å². The van der Waals surface area contributed by atoms with Crippen LogP contribution >= 0.6 is 0 Å². The van der Waals surface area contributed by atoms with Crippen LogP contribution in [0.1, 0.15) is 19.8 Å². The SMILES string of the molecule is CCCC1CN(c2cc(F)cc(F)c2F)CCN1. The van der Waals surface area contributed by atoms with Crippen LogP contribution in [0, 0.1) is 17.5 Å². The number of hydrogen-bond acceptors (Lipinski definition) is 2. The van der Waals surface area contributed by atoms with Crippen molar-refractivity contribution in [1.82, 2.24) is 5.32 Å². The first-order chi connectivity index (χ1) is 8.61. The lowest BCUT2D eigenvalue weighted by Gasteiger charge is -2.35. The number of anilines is 1. The summed E-state index contributed by atoms with van der Waals surface area (Å²) in [5.41, 5.74) is 0.0232. The van der Waals surface area contributed by atoms with Gasteiger partial charge in [-0.05, 0) is 6.42 Å². The van der Waals surface area contributed by atoms with Crippen LogP contribution in [0.2, 0.25) is 0 Å². The van der Waals surface area contributed by atoms with Crippen molar-refractivity contribution in [2.45, 2.75) is 25.8 Å². The first-order valence-electron chi connectivity index (χ1n) is 6.24. The van der Waals surface area contributed by atoms with E-state index in [1.54, 1.807) is 4.90 Å². The Morgan fingerprint density at radius 2 is 2.11 bits per heavy atom. The molecule has 0 amide bonds. The molecule has 1 heterocycles. The summed E-state index contributed by atoms with van der Waals surface area (Å²) in [6, 6.07) is 1.88. The van der Waals surface area contributed by atoms with Crippen LogP contribution in [0.15, 0.2) is 12.1 Å². The van der Waals surface area contributed by atoms with Crippen LogP contribution in [0.4, 0.5) is 18.9 Å². The van der Waals surface area contributed by atoms with Crippen molar-refractivity contribution in [3.05, 3.63) is 29.6 Å². The number of nitrogens with one attached hydrogen (secondary N) is 1. The van der Waals surface area contributed by atoms with Crippen molar-refractivity contribution in [2.24, 2.45) is 0 Å². The molecule has 0 radical (unpaired) electrons. The summed E-state index contributed by atoms with van der Waals surface area (Å²) in [5.74, 6) is -2.83. The second-order valence-electron chi connectivity index (χ2n) is 4.61. The van der Waals surface area contributed by atoms with Gasteiger partial charge in [-0.3, -0.25) is 0 Å². The Morgan fingerprint density at radius 3 is 2.83 bits per heavy atom. The molecule has 1 aliphatic heterocycles. The first kappa shape index (κ1) is 13.2. The molecule has 1 aromatic carbocycles. The Labute approximate surface area is 105 Å². The summed E-state index contributed by atoms with van der Waals surface area (Å²) < 4.78 is 40.0. The molecule has 0 aromatic heterocycles. The summed E-state index contributed by atoms with van der Waals surface area (Å²) in [6.45, 7) is 3.90. The fourth-order valence-corrected chi connectivity index (χ4v) is 2.36. The monoisotopic (exact) mass is 258 g/mol. The minimum atomic E-state index is -1.13. The number of piperazine rings is 1. The Hall–Kier alpha value is -1.23. The maximum atomic E-state index is 13.7. The van der Waals surface area contributed by atoms with Gasteiger partial charge in [0.2, 0.25) is 0 Å². The largest absolute Gasteiger partial charge is 0.366 e. The molecule has 1 aromatic rings.